The Kier molecular flexibility index (Phi) is 3.71. The Bertz CT molecular complexity index is 591. The summed E-state index contributed by atoms with van der Waals surface area (Å²) in [5.41, 5.74) is 0. The molecule has 1 aromatic carbocycles. The number of carbonyl (C=O) groups excluding carboxylic acids is 2. The van der Waals surface area contributed by atoms with Crippen LogP contribution in [0.4, 0.5) is 0 Å². The molecule has 3 aliphatic heterocycles. The summed E-state index contributed by atoms with van der Waals surface area (Å²) in [5, 5.41) is 0. The molecule has 116 valence electrons. The molecule has 0 aliphatic carbocycles. The van der Waals surface area contributed by atoms with E-state index in [1.165, 1.54) is 4.46 Å². The van der Waals surface area contributed by atoms with Crippen LogP contribution in [0.1, 0.15) is 25.7 Å². The van der Waals surface area contributed by atoms with Gasteiger partial charge >= 0.3 is 136 Å². The van der Waals surface area contributed by atoms with E-state index < -0.39 is 0 Å². The van der Waals surface area contributed by atoms with Gasteiger partial charge in [-0.05, 0) is 0 Å². The van der Waals surface area contributed by atoms with E-state index in [2.05, 4.69) is 12.1 Å². The molecule has 5 heteroatoms. The summed E-state index contributed by atoms with van der Waals surface area (Å²) in [5.74, 6) is 0.415. The van der Waals surface area contributed by atoms with Gasteiger partial charge in [-0.3, -0.25) is 0 Å². The normalized spacial score (nSPS) is 34.1. The quantitative estimate of drug-likeness (QED) is 0.584. The molecule has 0 saturated carbocycles. The van der Waals surface area contributed by atoms with Crippen molar-refractivity contribution in [1.29, 1.82) is 0 Å². The zero-order valence-electron chi connectivity index (χ0n) is 12.3. The molecule has 3 aliphatic rings. The first kappa shape index (κ1) is 14.3. The Morgan fingerprint density at radius 3 is 2.77 bits per heavy atom. The molecule has 1 unspecified atom stereocenters. The van der Waals surface area contributed by atoms with Gasteiger partial charge in [-0.1, -0.05) is 0 Å². The maximum absolute atomic E-state index is 12.4. The molecule has 0 aromatic heterocycles. The minimum absolute atomic E-state index is 0.0176. The van der Waals surface area contributed by atoms with E-state index in [4.69, 9.17) is 4.74 Å². The average molecular weight is 364 g/mol. The van der Waals surface area contributed by atoms with E-state index in [0.29, 0.717) is 6.42 Å². The molecule has 4 nitrogen and oxygen atoms in total. The number of rotatable bonds is 2. The number of esters is 1. The molecule has 3 saturated heterocycles. The van der Waals surface area contributed by atoms with E-state index in [0.717, 1.165) is 25.8 Å². The predicted octanol–water partition coefficient (Wildman–Crippen LogP) is 1.13. The van der Waals surface area contributed by atoms with Crippen molar-refractivity contribution in [2.75, 3.05) is 6.54 Å². The van der Waals surface area contributed by atoms with Crippen LogP contribution in [0.5, 0.6) is 0 Å². The molecule has 0 N–H and O–H groups in total. The number of nitrogens with zero attached hydrogens (tertiary/aromatic N) is 1. The molecule has 22 heavy (non-hydrogen) atoms. The number of hydrogen-bond acceptors (Lipinski definition) is 3. The summed E-state index contributed by atoms with van der Waals surface area (Å²) in [6.07, 6.45) is 3.38. The van der Waals surface area contributed by atoms with Crippen molar-refractivity contribution in [2.45, 2.75) is 42.6 Å². The van der Waals surface area contributed by atoms with Gasteiger partial charge < -0.3 is 0 Å². The first-order valence-corrected chi connectivity index (χ1v) is 9.80. The number of ether oxygens (including phenoxy) is 1. The standard InChI is InChI=1S/C17H19NO3Se/c19-14-9-8-12-15-13(7-4-10-18(12)14)21-17(20)16(15)22-11-5-2-1-3-6-11/h1-3,5-6,12-13,15-16H,4,7-10H2/t12-,13+,15-,16?/m0/s1. The number of benzene rings is 1. The monoisotopic (exact) mass is 365 g/mol. The van der Waals surface area contributed by atoms with Gasteiger partial charge in [0, 0.05) is 0 Å². The first-order valence-electron chi connectivity index (χ1n) is 7.96. The van der Waals surface area contributed by atoms with Gasteiger partial charge in [-0.15, -0.1) is 0 Å². The molecule has 3 heterocycles. The average Bonchev–Trinajstić information content (AvgIpc) is 2.96. The molecule has 1 aromatic rings. The summed E-state index contributed by atoms with van der Waals surface area (Å²) in [6, 6.07) is 10.4. The third-order valence-corrected chi connectivity index (χ3v) is 7.73. The second-order valence-corrected chi connectivity index (χ2v) is 8.79. The Balaban J connectivity index is 1.63. The van der Waals surface area contributed by atoms with E-state index >= 15 is 0 Å². The second kappa shape index (κ2) is 5.71. The summed E-state index contributed by atoms with van der Waals surface area (Å²) in [4.78, 5) is 26.5. The minimum atomic E-state index is -0.0450. The Morgan fingerprint density at radius 1 is 1.14 bits per heavy atom. The molecule has 0 radical (unpaired) electrons. The van der Waals surface area contributed by atoms with Gasteiger partial charge in [0.1, 0.15) is 0 Å². The van der Waals surface area contributed by atoms with Crippen molar-refractivity contribution < 1.29 is 14.3 Å². The fourth-order valence-electron chi connectivity index (χ4n) is 4.03. The van der Waals surface area contributed by atoms with Crippen LogP contribution in [-0.2, 0) is 14.3 Å². The molecular weight excluding hydrogens is 345 g/mol. The van der Waals surface area contributed by atoms with Gasteiger partial charge in [-0.2, -0.15) is 0 Å². The van der Waals surface area contributed by atoms with Crippen molar-refractivity contribution in [2.24, 2.45) is 5.92 Å². The molecular formula is C17H19NO3Se. The second-order valence-electron chi connectivity index (χ2n) is 6.24. The van der Waals surface area contributed by atoms with Crippen molar-refractivity contribution in [1.82, 2.24) is 4.90 Å². The molecule has 4 rings (SSSR count). The number of carbonyl (C=O) groups is 2. The SMILES string of the molecule is O=C1O[C@@H]2CCCN3C(=O)CC[C@H]3[C@@H]2C1[Se]c1ccccc1. The predicted molar refractivity (Wildman–Crippen MR) is 82.9 cm³/mol. The molecule has 0 spiro atoms. The summed E-state index contributed by atoms with van der Waals surface area (Å²) >= 11 is 0.0689. The summed E-state index contributed by atoms with van der Waals surface area (Å²) < 4.78 is 6.95. The van der Waals surface area contributed by atoms with E-state index in [-0.39, 0.29) is 49.7 Å². The van der Waals surface area contributed by atoms with Crippen LogP contribution in [0, 0.1) is 5.92 Å². The fourth-order valence-corrected chi connectivity index (χ4v) is 6.70. The van der Waals surface area contributed by atoms with Crippen LogP contribution in [0.15, 0.2) is 30.3 Å². The van der Waals surface area contributed by atoms with Gasteiger partial charge in [0.05, 0.1) is 0 Å². The number of amides is 1. The summed E-state index contributed by atoms with van der Waals surface area (Å²) in [6.45, 7) is 0.832. The molecule has 4 atom stereocenters. The number of fused-ring (bicyclic) bond motifs is 3. The third kappa shape index (κ3) is 2.37. The zero-order valence-corrected chi connectivity index (χ0v) is 14.0. The van der Waals surface area contributed by atoms with Crippen LogP contribution in [0.3, 0.4) is 0 Å². The van der Waals surface area contributed by atoms with Crippen LogP contribution in [0.2, 0.25) is 4.82 Å². The Morgan fingerprint density at radius 2 is 1.95 bits per heavy atom. The van der Waals surface area contributed by atoms with E-state index in [1.54, 1.807) is 0 Å². The van der Waals surface area contributed by atoms with Gasteiger partial charge in [0.2, 0.25) is 0 Å². The summed E-state index contributed by atoms with van der Waals surface area (Å²) in [7, 11) is 0. The van der Waals surface area contributed by atoms with Crippen molar-refractivity contribution in [3.63, 3.8) is 0 Å². The maximum atomic E-state index is 12.4. The van der Waals surface area contributed by atoms with Crippen LogP contribution < -0.4 is 4.46 Å². The van der Waals surface area contributed by atoms with Gasteiger partial charge in [-0.25, -0.2) is 0 Å². The van der Waals surface area contributed by atoms with Crippen molar-refractivity contribution in [3.8, 4) is 0 Å². The van der Waals surface area contributed by atoms with E-state index in [9.17, 15) is 9.59 Å². The first-order chi connectivity index (χ1) is 10.7. The van der Waals surface area contributed by atoms with Crippen molar-refractivity contribution in [3.05, 3.63) is 30.3 Å². The topological polar surface area (TPSA) is 46.6 Å². The fraction of sp³-hybridized carbons (Fsp3) is 0.529. The molecule has 1 amide bonds. The molecule has 3 fully saturated rings. The third-order valence-electron chi connectivity index (χ3n) is 4.99. The van der Waals surface area contributed by atoms with Crippen LogP contribution in [-0.4, -0.2) is 50.4 Å². The Hall–Kier alpha value is -1.32. The Labute approximate surface area is 136 Å². The van der Waals surface area contributed by atoms with Crippen LogP contribution in [0.25, 0.3) is 0 Å². The zero-order chi connectivity index (χ0) is 15.1. The van der Waals surface area contributed by atoms with Gasteiger partial charge in [0.25, 0.3) is 0 Å². The molecule has 0 bridgehead atoms. The van der Waals surface area contributed by atoms with Crippen LogP contribution >= 0.6 is 0 Å². The van der Waals surface area contributed by atoms with Crippen molar-refractivity contribution >= 4 is 31.3 Å². The van der Waals surface area contributed by atoms with E-state index in [1.807, 2.05) is 23.1 Å². The number of hydrogen-bond donors (Lipinski definition) is 0. The van der Waals surface area contributed by atoms with Gasteiger partial charge in [0.15, 0.2) is 0 Å².